The van der Waals surface area contributed by atoms with Crippen LogP contribution in [-0.2, 0) is 4.79 Å². The van der Waals surface area contributed by atoms with Crippen LogP contribution in [0.2, 0.25) is 5.02 Å². The quantitative estimate of drug-likeness (QED) is 0.276. The molecule has 0 aliphatic heterocycles. The number of thiazole rings is 1. The second-order valence-corrected chi connectivity index (χ2v) is 8.31. The van der Waals surface area contributed by atoms with E-state index in [9.17, 15) is 10.1 Å². The molecule has 5 nitrogen and oxygen atoms in total. The maximum absolute atomic E-state index is 12.3. The van der Waals surface area contributed by atoms with Crippen LogP contribution in [0.25, 0.3) is 20.8 Å². The summed E-state index contributed by atoms with van der Waals surface area (Å²) in [7, 11) is 0. The minimum absolute atomic E-state index is 0.0504. The zero-order valence-electron chi connectivity index (χ0n) is 16.5. The molecule has 0 aliphatic rings. The first-order chi connectivity index (χ1) is 15.0. The smallest absolute Gasteiger partial charge is 0.267 e. The van der Waals surface area contributed by atoms with Crippen molar-refractivity contribution in [1.29, 1.82) is 5.26 Å². The zero-order valence-corrected chi connectivity index (χ0v) is 18.1. The number of aryl methyl sites for hydroxylation is 1. The Morgan fingerprint density at radius 1 is 1.10 bits per heavy atom. The molecule has 0 saturated heterocycles. The lowest BCUT2D eigenvalue weighted by Crippen LogP contribution is -2.14. The maximum Gasteiger partial charge on any atom is 0.267 e. The molecule has 0 aliphatic carbocycles. The maximum atomic E-state index is 12.3. The van der Waals surface area contributed by atoms with Gasteiger partial charge >= 0.3 is 0 Å². The Labute approximate surface area is 188 Å². The number of nitrogens with one attached hydrogen (secondary N) is 2. The summed E-state index contributed by atoms with van der Waals surface area (Å²) in [5, 5.41) is 16.4. The number of nitrogens with zero attached hydrogens (tertiary/aromatic N) is 2. The van der Waals surface area contributed by atoms with Crippen LogP contribution in [-0.4, -0.2) is 10.9 Å². The van der Waals surface area contributed by atoms with Crippen molar-refractivity contribution in [2.45, 2.75) is 6.92 Å². The summed E-state index contributed by atoms with van der Waals surface area (Å²) < 4.78 is 1.16. The monoisotopic (exact) mass is 444 g/mol. The number of rotatable bonds is 5. The predicted octanol–water partition coefficient (Wildman–Crippen LogP) is 6.38. The number of anilines is 2. The van der Waals surface area contributed by atoms with E-state index < -0.39 is 5.91 Å². The third kappa shape index (κ3) is 4.92. The Morgan fingerprint density at radius 3 is 2.65 bits per heavy atom. The Kier molecular flexibility index (Phi) is 5.99. The Hall–Kier alpha value is -3.66. The van der Waals surface area contributed by atoms with Gasteiger partial charge in [0.15, 0.2) is 0 Å². The summed E-state index contributed by atoms with van der Waals surface area (Å²) in [6, 6.07) is 22.6. The lowest BCUT2D eigenvalue weighted by atomic mass is 10.2. The summed E-state index contributed by atoms with van der Waals surface area (Å²) in [4.78, 5) is 17.0. The fourth-order valence-corrected chi connectivity index (χ4v) is 4.19. The first-order valence-electron chi connectivity index (χ1n) is 9.43. The van der Waals surface area contributed by atoms with Gasteiger partial charge in [0.2, 0.25) is 0 Å². The molecule has 2 N–H and O–H groups in total. The van der Waals surface area contributed by atoms with Gasteiger partial charge in [-0.1, -0.05) is 23.7 Å². The lowest BCUT2D eigenvalue weighted by Gasteiger charge is -2.06. The fraction of sp³-hybridized carbons (Fsp3) is 0.0417. The average Bonchev–Trinajstić information content (AvgIpc) is 3.18. The third-order valence-electron chi connectivity index (χ3n) is 4.51. The van der Waals surface area contributed by atoms with Gasteiger partial charge in [0.1, 0.15) is 16.6 Å². The molecule has 7 heteroatoms. The number of amides is 1. The molecular formula is C24H17ClN4OS. The minimum atomic E-state index is -0.515. The van der Waals surface area contributed by atoms with E-state index in [1.807, 2.05) is 36.4 Å². The van der Waals surface area contributed by atoms with Crippen LogP contribution in [0.1, 0.15) is 5.56 Å². The topological polar surface area (TPSA) is 77.8 Å². The number of benzene rings is 3. The highest BCUT2D eigenvalue weighted by molar-refractivity contribution is 7.21. The molecule has 0 fully saturated rings. The minimum Gasteiger partial charge on any atom is -0.360 e. The van der Waals surface area contributed by atoms with Crippen molar-refractivity contribution in [3.05, 3.63) is 89.1 Å². The van der Waals surface area contributed by atoms with Gasteiger partial charge in [0, 0.05) is 28.2 Å². The van der Waals surface area contributed by atoms with Gasteiger partial charge in [-0.25, -0.2) is 4.98 Å². The number of aromatic nitrogens is 1. The Balaban J connectivity index is 1.46. The second-order valence-electron chi connectivity index (χ2n) is 6.85. The number of nitriles is 1. The highest BCUT2D eigenvalue weighted by Crippen LogP contribution is 2.31. The van der Waals surface area contributed by atoms with E-state index in [0.717, 1.165) is 26.5 Å². The molecule has 0 saturated carbocycles. The number of carbonyl (C=O) groups excluding carboxylic acids is 1. The second kappa shape index (κ2) is 9.00. The van der Waals surface area contributed by atoms with Gasteiger partial charge in [-0.05, 0) is 67.1 Å². The molecule has 0 spiro atoms. The largest absolute Gasteiger partial charge is 0.360 e. The summed E-state index contributed by atoms with van der Waals surface area (Å²) in [6.45, 7) is 2.07. The summed E-state index contributed by atoms with van der Waals surface area (Å²) >= 11 is 7.57. The van der Waals surface area contributed by atoms with Crippen LogP contribution < -0.4 is 10.6 Å². The first kappa shape index (κ1) is 20.6. The number of fused-ring (bicyclic) bond motifs is 1. The predicted molar refractivity (Wildman–Crippen MR) is 127 cm³/mol. The van der Waals surface area contributed by atoms with Gasteiger partial charge in [-0.3, -0.25) is 4.79 Å². The molecular weight excluding hydrogens is 428 g/mol. The summed E-state index contributed by atoms with van der Waals surface area (Å²) in [5.74, 6) is -0.515. The van der Waals surface area contributed by atoms with Crippen molar-refractivity contribution >= 4 is 50.4 Å². The van der Waals surface area contributed by atoms with E-state index in [1.165, 1.54) is 11.8 Å². The average molecular weight is 445 g/mol. The molecule has 31 heavy (non-hydrogen) atoms. The van der Waals surface area contributed by atoms with Gasteiger partial charge in [0.25, 0.3) is 5.91 Å². The van der Waals surface area contributed by atoms with E-state index in [0.29, 0.717) is 10.7 Å². The standard InChI is InChI=1S/C24H17ClN4OS/c1-15-5-10-21-22(11-15)31-24(29-21)16-6-8-19(9-7-16)27-14-17(13-26)23(30)28-20-4-2-3-18(25)12-20/h2-12,14,27H,1H3,(H,28,30)/b17-14-. The first-order valence-corrected chi connectivity index (χ1v) is 10.6. The van der Waals surface area contributed by atoms with Crippen LogP contribution in [0.15, 0.2) is 78.5 Å². The normalized spacial score (nSPS) is 11.2. The number of carbonyl (C=O) groups is 1. The molecule has 1 amide bonds. The molecule has 0 bridgehead atoms. The fourth-order valence-electron chi connectivity index (χ4n) is 2.93. The van der Waals surface area contributed by atoms with E-state index in [4.69, 9.17) is 16.6 Å². The summed E-state index contributed by atoms with van der Waals surface area (Å²) in [5.41, 5.74) is 4.43. The summed E-state index contributed by atoms with van der Waals surface area (Å²) in [6.07, 6.45) is 1.38. The van der Waals surface area contributed by atoms with Crippen molar-refractivity contribution < 1.29 is 4.79 Å². The molecule has 4 rings (SSSR count). The molecule has 0 unspecified atom stereocenters. The number of hydrogen-bond acceptors (Lipinski definition) is 5. The molecule has 1 aromatic heterocycles. The lowest BCUT2D eigenvalue weighted by molar-refractivity contribution is -0.112. The van der Waals surface area contributed by atoms with E-state index in [2.05, 4.69) is 29.7 Å². The van der Waals surface area contributed by atoms with Crippen LogP contribution in [0.4, 0.5) is 11.4 Å². The molecule has 0 radical (unpaired) electrons. The van der Waals surface area contributed by atoms with E-state index >= 15 is 0 Å². The van der Waals surface area contributed by atoms with E-state index in [-0.39, 0.29) is 5.57 Å². The zero-order chi connectivity index (χ0) is 21.8. The van der Waals surface area contributed by atoms with Crippen molar-refractivity contribution in [3.8, 4) is 16.6 Å². The van der Waals surface area contributed by atoms with Crippen molar-refractivity contribution in [2.75, 3.05) is 10.6 Å². The Morgan fingerprint density at radius 2 is 1.90 bits per heavy atom. The Bertz CT molecular complexity index is 1340. The SMILES string of the molecule is Cc1ccc2nc(-c3ccc(N/C=C(/C#N)C(=O)Nc4cccc(Cl)c4)cc3)sc2c1. The number of hydrogen-bond donors (Lipinski definition) is 2. The van der Waals surface area contributed by atoms with Gasteiger partial charge < -0.3 is 10.6 Å². The highest BCUT2D eigenvalue weighted by atomic mass is 35.5. The molecule has 3 aromatic carbocycles. The van der Waals surface area contributed by atoms with Crippen molar-refractivity contribution in [1.82, 2.24) is 4.98 Å². The number of halogens is 1. The van der Waals surface area contributed by atoms with Gasteiger partial charge in [-0.15, -0.1) is 11.3 Å². The van der Waals surface area contributed by atoms with Crippen LogP contribution >= 0.6 is 22.9 Å². The van der Waals surface area contributed by atoms with Crippen LogP contribution in [0.3, 0.4) is 0 Å². The molecule has 1 heterocycles. The van der Waals surface area contributed by atoms with Gasteiger partial charge in [-0.2, -0.15) is 5.26 Å². The van der Waals surface area contributed by atoms with Crippen molar-refractivity contribution in [3.63, 3.8) is 0 Å². The van der Waals surface area contributed by atoms with Crippen molar-refractivity contribution in [2.24, 2.45) is 0 Å². The van der Waals surface area contributed by atoms with Crippen LogP contribution in [0.5, 0.6) is 0 Å². The third-order valence-corrected chi connectivity index (χ3v) is 5.81. The molecule has 152 valence electrons. The van der Waals surface area contributed by atoms with E-state index in [1.54, 1.807) is 35.6 Å². The van der Waals surface area contributed by atoms with Gasteiger partial charge in [0.05, 0.1) is 10.2 Å². The highest BCUT2D eigenvalue weighted by Gasteiger charge is 2.10. The van der Waals surface area contributed by atoms with Crippen LogP contribution in [0, 0.1) is 18.3 Å². The molecule has 4 aromatic rings. The molecule has 0 atom stereocenters.